The van der Waals surface area contributed by atoms with Crippen molar-refractivity contribution in [2.45, 2.75) is 12.5 Å². The molecule has 7 nitrogen and oxygen atoms in total. The van der Waals surface area contributed by atoms with Crippen LogP contribution in [0.4, 0.5) is 5.69 Å². The van der Waals surface area contributed by atoms with Gasteiger partial charge in [-0.25, -0.2) is 4.79 Å². The quantitative estimate of drug-likeness (QED) is 0.484. The average Bonchev–Trinajstić information content (AvgIpc) is 2.61. The molecule has 0 saturated carbocycles. The molecular formula is C17H15ClN2O5. The van der Waals surface area contributed by atoms with Gasteiger partial charge >= 0.3 is 5.97 Å². The molecule has 0 aliphatic heterocycles. The summed E-state index contributed by atoms with van der Waals surface area (Å²) in [6.45, 7) is 0. The molecule has 0 aliphatic carbocycles. The number of esters is 1. The Morgan fingerprint density at radius 1 is 1.24 bits per heavy atom. The largest absolute Gasteiger partial charge is 0.467 e. The van der Waals surface area contributed by atoms with E-state index in [-0.39, 0.29) is 22.7 Å². The van der Waals surface area contributed by atoms with Crippen LogP contribution in [-0.2, 0) is 16.0 Å². The highest BCUT2D eigenvalue weighted by Gasteiger charge is 2.24. The fourth-order valence-electron chi connectivity index (χ4n) is 2.22. The number of nitrogens with one attached hydrogen (secondary N) is 1. The van der Waals surface area contributed by atoms with Crippen molar-refractivity contribution >= 4 is 29.2 Å². The topological polar surface area (TPSA) is 98.5 Å². The second kappa shape index (κ2) is 8.25. The summed E-state index contributed by atoms with van der Waals surface area (Å²) in [5.41, 5.74) is 0.651. The van der Waals surface area contributed by atoms with E-state index in [9.17, 15) is 19.7 Å². The summed E-state index contributed by atoms with van der Waals surface area (Å²) in [7, 11) is 1.23. The van der Waals surface area contributed by atoms with Gasteiger partial charge in [-0.3, -0.25) is 14.9 Å². The van der Waals surface area contributed by atoms with E-state index in [1.54, 1.807) is 0 Å². The highest BCUT2D eigenvalue weighted by atomic mass is 35.5. The fourth-order valence-corrected chi connectivity index (χ4v) is 2.48. The second-order valence-electron chi connectivity index (χ2n) is 5.16. The number of nitro groups is 1. The molecule has 2 rings (SSSR count). The average molecular weight is 363 g/mol. The number of nitrogens with zero attached hydrogens (tertiary/aromatic N) is 1. The minimum atomic E-state index is -0.911. The number of nitro benzene ring substituents is 1. The van der Waals surface area contributed by atoms with Crippen molar-refractivity contribution in [3.8, 4) is 0 Å². The molecule has 0 saturated heterocycles. The molecule has 0 fully saturated rings. The summed E-state index contributed by atoms with van der Waals surface area (Å²) in [6.07, 6.45) is 0.240. The van der Waals surface area contributed by atoms with Crippen LogP contribution in [0, 0.1) is 10.1 Å². The molecule has 1 N–H and O–H groups in total. The SMILES string of the molecule is COC(=O)[C@H](Cc1ccccc1)NC(=O)c1ccc([N+](=O)[O-])cc1Cl. The number of benzene rings is 2. The van der Waals surface area contributed by atoms with Gasteiger partial charge in [-0.05, 0) is 11.6 Å². The molecule has 1 atom stereocenters. The van der Waals surface area contributed by atoms with E-state index in [1.165, 1.54) is 19.2 Å². The van der Waals surface area contributed by atoms with E-state index in [0.29, 0.717) is 0 Å². The predicted molar refractivity (Wildman–Crippen MR) is 91.5 cm³/mol. The Hall–Kier alpha value is -2.93. The van der Waals surface area contributed by atoms with Crippen molar-refractivity contribution in [3.63, 3.8) is 0 Å². The molecule has 0 spiro atoms. The maximum atomic E-state index is 12.4. The lowest BCUT2D eigenvalue weighted by Crippen LogP contribution is -2.43. The first-order valence-corrected chi connectivity index (χ1v) is 7.66. The van der Waals surface area contributed by atoms with Crippen LogP contribution < -0.4 is 5.32 Å². The van der Waals surface area contributed by atoms with Gasteiger partial charge in [0.15, 0.2) is 0 Å². The van der Waals surface area contributed by atoms with Gasteiger partial charge in [0.2, 0.25) is 0 Å². The van der Waals surface area contributed by atoms with Crippen molar-refractivity contribution in [3.05, 3.63) is 74.8 Å². The molecule has 0 aliphatic rings. The molecule has 0 radical (unpaired) electrons. The molecule has 25 heavy (non-hydrogen) atoms. The van der Waals surface area contributed by atoms with Crippen molar-refractivity contribution in [1.29, 1.82) is 0 Å². The van der Waals surface area contributed by atoms with Crippen molar-refractivity contribution in [1.82, 2.24) is 5.32 Å². The summed E-state index contributed by atoms with van der Waals surface area (Å²) >= 11 is 5.94. The molecule has 2 aromatic rings. The molecule has 130 valence electrons. The number of hydrogen-bond acceptors (Lipinski definition) is 5. The Kier molecular flexibility index (Phi) is 6.08. The van der Waals surface area contributed by atoms with Gasteiger partial charge in [-0.1, -0.05) is 41.9 Å². The van der Waals surface area contributed by atoms with Crippen LogP contribution in [0.5, 0.6) is 0 Å². The van der Waals surface area contributed by atoms with Crippen LogP contribution in [0.2, 0.25) is 5.02 Å². The van der Waals surface area contributed by atoms with Crippen LogP contribution in [0.25, 0.3) is 0 Å². The number of non-ortho nitro benzene ring substituents is 1. The Balaban J connectivity index is 2.19. The summed E-state index contributed by atoms with van der Waals surface area (Å²) in [5.74, 6) is -1.22. The molecule has 0 unspecified atom stereocenters. The highest BCUT2D eigenvalue weighted by Crippen LogP contribution is 2.22. The lowest BCUT2D eigenvalue weighted by atomic mass is 10.1. The Morgan fingerprint density at radius 2 is 1.92 bits per heavy atom. The van der Waals surface area contributed by atoms with E-state index in [0.717, 1.165) is 11.6 Å². The Labute approximate surface area is 148 Å². The number of carbonyl (C=O) groups is 2. The molecule has 1 amide bonds. The third-order valence-electron chi connectivity index (χ3n) is 3.48. The third-order valence-corrected chi connectivity index (χ3v) is 3.79. The summed E-state index contributed by atoms with van der Waals surface area (Å²) in [5, 5.41) is 13.2. The zero-order valence-electron chi connectivity index (χ0n) is 13.3. The zero-order chi connectivity index (χ0) is 18.4. The van der Waals surface area contributed by atoms with Crippen LogP contribution in [0.3, 0.4) is 0 Å². The van der Waals surface area contributed by atoms with Crippen LogP contribution >= 0.6 is 11.6 Å². The summed E-state index contributed by atoms with van der Waals surface area (Å²) in [4.78, 5) is 34.5. The monoisotopic (exact) mass is 362 g/mol. The van der Waals surface area contributed by atoms with Crippen LogP contribution in [0.1, 0.15) is 15.9 Å². The van der Waals surface area contributed by atoms with Gasteiger partial charge in [0.05, 0.1) is 22.6 Å². The molecule has 0 aromatic heterocycles. The van der Waals surface area contributed by atoms with E-state index in [2.05, 4.69) is 5.32 Å². The molecule has 0 bridgehead atoms. The van der Waals surface area contributed by atoms with Gasteiger partial charge < -0.3 is 10.1 Å². The van der Waals surface area contributed by atoms with Crippen molar-refractivity contribution in [2.24, 2.45) is 0 Å². The van der Waals surface area contributed by atoms with E-state index in [1.807, 2.05) is 30.3 Å². The number of carbonyl (C=O) groups excluding carboxylic acids is 2. The third kappa shape index (κ3) is 4.77. The van der Waals surface area contributed by atoms with Gasteiger partial charge in [0.1, 0.15) is 6.04 Å². The summed E-state index contributed by atoms with van der Waals surface area (Å²) < 4.78 is 4.73. The van der Waals surface area contributed by atoms with Gasteiger partial charge in [0, 0.05) is 18.6 Å². The number of hydrogen-bond donors (Lipinski definition) is 1. The lowest BCUT2D eigenvalue weighted by Gasteiger charge is -2.17. The van der Waals surface area contributed by atoms with E-state index < -0.39 is 22.8 Å². The number of halogens is 1. The second-order valence-corrected chi connectivity index (χ2v) is 5.57. The standard InChI is InChI=1S/C17H15ClN2O5/c1-25-17(22)15(9-11-5-3-2-4-6-11)19-16(21)13-8-7-12(20(23)24)10-14(13)18/h2-8,10,15H,9H2,1H3,(H,19,21)/t15-/m0/s1. The minimum Gasteiger partial charge on any atom is -0.467 e. The predicted octanol–water partition coefficient (Wildman–Crippen LogP) is 2.76. The first kappa shape index (κ1) is 18.4. The first-order chi connectivity index (χ1) is 11.9. The minimum absolute atomic E-state index is 0.0363. The number of amides is 1. The van der Waals surface area contributed by atoms with E-state index >= 15 is 0 Å². The fraction of sp³-hybridized carbons (Fsp3) is 0.176. The van der Waals surface area contributed by atoms with Crippen LogP contribution in [0.15, 0.2) is 48.5 Å². The van der Waals surface area contributed by atoms with E-state index in [4.69, 9.17) is 16.3 Å². The molecular weight excluding hydrogens is 348 g/mol. The summed E-state index contributed by atoms with van der Waals surface area (Å²) in [6, 6.07) is 11.7. The number of ether oxygens (including phenoxy) is 1. The Morgan fingerprint density at radius 3 is 2.48 bits per heavy atom. The molecule has 0 heterocycles. The van der Waals surface area contributed by atoms with Crippen molar-refractivity contribution < 1.29 is 19.2 Å². The molecule has 2 aromatic carbocycles. The highest BCUT2D eigenvalue weighted by molar-refractivity contribution is 6.34. The normalized spacial score (nSPS) is 11.4. The lowest BCUT2D eigenvalue weighted by molar-refractivity contribution is -0.384. The Bertz CT molecular complexity index is 795. The van der Waals surface area contributed by atoms with Crippen molar-refractivity contribution in [2.75, 3.05) is 7.11 Å². The first-order valence-electron chi connectivity index (χ1n) is 7.29. The zero-order valence-corrected chi connectivity index (χ0v) is 14.0. The molecule has 8 heteroatoms. The maximum Gasteiger partial charge on any atom is 0.328 e. The van der Waals surface area contributed by atoms with Crippen LogP contribution in [-0.4, -0.2) is 30.0 Å². The number of methoxy groups -OCH3 is 1. The van der Waals surface area contributed by atoms with Gasteiger partial charge in [-0.15, -0.1) is 0 Å². The maximum absolute atomic E-state index is 12.4. The van der Waals surface area contributed by atoms with Gasteiger partial charge in [0.25, 0.3) is 11.6 Å². The van der Waals surface area contributed by atoms with Gasteiger partial charge in [-0.2, -0.15) is 0 Å². The number of rotatable bonds is 6. The smallest absolute Gasteiger partial charge is 0.328 e.